The fourth-order valence-corrected chi connectivity index (χ4v) is 1.66. The van der Waals surface area contributed by atoms with Gasteiger partial charge in [-0.05, 0) is 34.0 Å². The van der Waals surface area contributed by atoms with Gasteiger partial charge in [-0.3, -0.25) is 4.90 Å². The van der Waals surface area contributed by atoms with Crippen LogP contribution < -0.4 is 0 Å². The molecule has 14 heavy (non-hydrogen) atoms. The Kier molecular flexibility index (Phi) is 7.15. The van der Waals surface area contributed by atoms with E-state index in [1.165, 1.54) is 0 Å². The van der Waals surface area contributed by atoms with Gasteiger partial charge in [0.25, 0.3) is 0 Å². The maximum Gasteiger partial charge on any atom is 0.0664 e. The predicted molar refractivity (Wildman–Crippen MR) is 61.6 cm³/mol. The highest BCUT2D eigenvalue weighted by atomic mass is 16.3. The average Bonchev–Trinajstić information content (AvgIpc) is 2.12. The van der Waals surface area contributed by atoms with Gasteiger partial charge in [0.1, 0.15) is 0 Å². The highest BCUT2D eigenvalue weighted by Crippen LogP contribution is 2.03. The molecule has 0 heterocycles. The van der Waals surface area contributed by atoms with Gasteiger partial charge in [-0.25, -0.2) is 0 Å². The van der Waals surface area contributed by atoms with Gasteiger partial charge in [0, 0.05) is 19.1 Å². The topological polar surface area (TPSA) is 26.7 Å². The summed E-state index contributed by atoms with van der Waals surface area (Å²) in [6, 6.07) is 0.510. The Balaban J connectivity index is 3.98. The lowest BCUT2D eigenvalue weighted by molar-refractivity contribution is 0.0836. The van der Waals surface area contributed by atoms with Gasteiger partial charge in [0.2, 0.25) is 0 Å². The Bertz CT molecular complexity index is 139. The minimum atomic E-state index is -0.181. The number of nitrogens with zero attached hydrogens (tertiary/aromatic N) is 2. The molecule has 0 aromatic heterocycles. The molecular weight excluding hydrogens is 176 g/mol. The van der Waals surface area contributed by atoms with Crippen molar-refractivity contribution in [2.45, 2.75) is 39.3 Å². The van der Waals surface area contributed by atoms with Crippen LogP contribution in [0.2, 0.25) is 0 Å². The Morgan fingerprint density at radius 2 is 1.71 bits per heavy atom. The Hall–Kier alpha value is -0.120. The van der Waals surface area contributed by atoms with E-state index >= 15 is 0 Å². The molecule has 0 aliphatic heterocycles. The number of aliphatic hydroxyl groups excluding tert-OH is 1. The lowest BCUT2D eigenvalue weighted by Gasteiger charge is -2.31. The molecular formula is C11H26N2O. The van der Waals surface area contributed by atoms with Gasteiger partial charge in [0.05, 0.1) is 6.10 Å². The van der Waals surface area contributed by atoms with E-state index in [4.69, 9.17) is 0 Å². The summed E-state index contributed by atoms with van der Waals surface area (Å²) in [5.41, 5.74) is 0. The first-order valence-corrected chi connectivity index (χ1v) is 5.58. The van der Waals surface area contributed by atoms with Crippen molar-refractivity contribution in [3.63, 3.8) is 0 Å². The van der Waals surface area contributed by atoms with E-state index in [9.17, 15) is 5.11 Å². The molecule has 86 valence electrons. The molecule has 0 amide bonds. The minimum absolute atomic E-state index is 0.181. The molecule has 0 radical (unpaired) electrons. The van der Waals surface area contributed by atoms with E-state index in [-0.39, 0.29) is 6.10 Å². The summed E-state index contributed by atoms with van der Waals surface area (Å²) in [4.78, 5) is 4.51. The third-order valence-corrected chi connectivity index (χ3v) is 2.58. The number of rotatable bonds is 7. The molecule has 0 bridgehead atoms. The number of hydrogen-bond acceptors (Lipinski definition) is 3. The second-order valence-corrected chi connectivity index (χ2v) is 4.26. The third kappa shape index (κ3) is 5.58. The predicted octanol–water partition coefficient (Wildman–Crippen LogP) is 1.03. The molecule has 0 aromatic rings. The molecule has 0 aliphatic carbocycles. The standard InChI is InChI=1S/C11H26N2O/c1-6-11(14)9-13(7-2)10(3)8-12(4)5/h10-11,14H,6-9H2,1-5H3. The summed E-state index contributed by atoms with van der Waals surface area (Å²) < 4.78 is 0. The largest absolute Gasteiger partial charge is 0.392 e. The zero-order valence-corrected chi connectivity index (χ0v) is 10.3. The second-order valence-electron chi connectivity index (χ2n) is 4.26. The van der Waals surface area contributed by atoms with Crippen LogP contribution in [0.1, 0.15) is 27.2 Å². The van der Waals surface area contributed by atoms with Crippen molar-refractivity contribution < 1.29 is 5.11 Å². The highest BCUT2D eigenvalue weighted by Gasteiger charge is 2.15. The van der Waals surface area contributed by atoms with Crippen molar-refractivity contribution >= 4 is 0 Å². The van der Waals surface area contributed by atoms with Crippen molar-refractivity contribution in [3.8, 4) is 0 Å². The van der Waals surface area contributed by atoms with Gasteiger partial charge in [0.15, 0.2) is 0 Å². The first-order chi connectivity index (χ1) is 6.51. The lowest BCUT2D eigenvalue weighted by Crippen LogP contribution is -2.43. The van der Waals surface area contributed by atoms with E-state index in [0.717, 1.165) is 26.1 Å². The second kappa shape index (κ2) is 7.21. The summed E-state index contributed by atoms with van der Waals surface area (Å²) in [6.45, 7) is 9.23. The van der Waals surface area contributed by atoms with Gasteiger partial charge in [-0.15, -0.1) is 0 Å². The van der Waals surface area contributed by atoms with Crippen LogP contribution in [0.15, 0.2) is 0 Å². The zero-order valence-electron chi connectivity index (χ0n) is 10.3. The first-order valence-electron chi connectivity index (χ1n) is 5.58. The third-order valence-electron chi connectivity index (χ3n) is 2.58. The smallest absolute Gasteiger partial charge is 0.0664 e. The van der Waals surface area contributed by atoms with Gasteiger partial charge < -0.3 is 10.0 Å². The summed E-state index contributed by atoms with van der Waals surface area (Å²) in [5.74, 6) is 0. The van der Waals surface area contributed by atoms with Crippen molar-refractivity contribution in [1.29, 1.82) is 0 Å². The molecule has 3 nitrogen and oxygen atoms in total. The van der Waals surface area contributed by atoms with E-state index < -0.39 is 0 Å². The highest BCUT2D eigenvalue weighted by molar-refractivity contribution is 4.71. The Morgan fingerprint density at radius 3 is 2.07 bits per heavy atom. The van der Waals surface area contributed by atoms with Crippen LogP contribution in [0.4, 0.5) is 0 Å². The SMILES string of the molecule is CCC(O)CN(CC)C(C)CN(C)C. The average molecular weight is 202 g/mol. The molecule has 1 N–H and O–H groups in total. The summed E-state index contributed by atoms with van der Waals surface area (Å²) in [5, 5.41) is 9.59. The maximum absolute atomic E-state index is 9.59. The van der Waals surface area contributed by atoms with Gasteiger partial charge in [-0.2, -0.15) is 0 Å². The van der Waals surface area contributed by atoms with Crippen molar-refractivity contribution in [3.05, 3.63) is 0 Å². The zero-order chi connectivity index (χ0) is 11.1. The normalized spacial score (nSPS) is 16.3. The van der Waals surface area contributed by atoms with Crippen LogP contribution in [0.3, 0.4) is 0 Å². The maximum atomic E-state index is 9.59. The Morgan fingerprint density at radius 1 is 1.14 bits per heavy atom. The molecule has 0 aromatic carbocycles. The molecule has 0 spiro atoms. The van der Waals surface area contributed by atoms with E-state index in [1.54, 1.807) is 0 Å². The van der Waals surface area contributed by atoms with Crippen molar-refractivity contribution in [2.75, 3.05) is 33.7 Å². The van der Waals surface area contributed by atoms with E-state index in [2.05, 4.69) is 37.7 Å². The Labute approximate surface area is 88.7 Å². The molecule has 0 fully saturated rings. The molecule has 3 heteroatoms. The van der Waals surface area contributed by atoms with Crippen LogP contribution in [0.25, 0.3) is 0 Å². The monoisotopic (exact) mass is 202 g/mol. The van der Waals surface area contributed by atoms with Crippen LogP contribution in [0.5, 0.6) is 0 Å². The number of aliphatic hydroxyl groups is 1. The fourth-order valence-electron chi connectivity index (χ4n) is 1.66. The van der Waals surface area contributed by atoms with Crippen LogP contribution >= 0.6 is 0 Å². The number of hydrogen-bond donors (Lipinski definition) is 1. The summed E-state index contributed by atoms with van der Waals surface area (Å²) >= 11 is 0. The van der Waals surface area contributed by atoms with Crippen molar-refractivity contribution in [1.82, 2.24) is 9.80 Å². The van der Waals surface area contributed by atoms with Crippen LogP contribution in [-0.2, 0) is 0 Å². The van der Waals surface area contributed by atoms with E-state index in [0.29, 0.717) is 6.04 Å². The lowest BCUT2D eigenvalue weighted by atomic mass is 10.2. The minimum Gasteiger partial charge on any atom is -0.392 e. The quantitative estimate of drug-likeness (QED) is 0.668. The molecule has 0 saturated heterocycles. The molecule has 0 saturated carbocycles. The van der Waals surface area contributed by atoms with E-state index in [1.807, 2.05) is 6.92 Å². The molecule has 0 aliphatic rings. The van der Waals surface area contributed by atoms with Crippen molar-refractivity contribution in [2.24, 2.45) is 0 Å². The molecule has 2 unspecified atom stereocenters. The fraction of sp³-hybridized carbons (Fsp3) is 1.00. The van der Waals surface area contributed by atoms with Gasteiger partial charge in [-0.1, -0.05) is 13.8 Å². The number of likely N-dealkylation sites (N-methyl/N-ethyl adjacent to an activating group) is 2. The van der Waals surface area contributed by atoms with Crippen LogP contribution in [-0.4, -0.2) is 60.8 Å². The first kappa shape index (κ1) is 13.9. The van der Waals surface area contributed by atoms with Gasteiger partial charge >= 0.3 is 0 Å². The molecule has 0 rings (SSSR count). The van der Waals surface area contributed by atoms with Crippen LogP contribution in [0, 0.1) is 0 Å². The molecule has 2 atom stereocenters. The summed E-state index contributed by atoms with van der Waals surface area (Å²) in [7, 11) is 4.17. The summed E-state index contributed by atoms with van der Waals surface area (Å²) in [6.07, 6.45) is 0.658.